The average Bonchev–Trinajstić information content (AvgIpc) is 2.78. The zero-order valence-electron chi connectivity index (χ0n) is 20.0. The van der Waals surface area contributed by atoms with E-state index in [0.717, 1.165) is 62.1 Å². The van der Waals surface area contributed by atoms with Crippen LogP contribution >= 0.6 is 0 Å². The van der Waals surface area contributed by atoms with Gasteiger partial charge in [-0.05, 0) is 68.9 Å². The van der Waals surface area contributed by atoms with Gasteiger partial charge in [0, 0.05) is 25.6 Å². The van der Waals surface area contributed by atoms with E-state index in [2.05, 4.69) is 13.8 Å². The molecule has 0 saturated heterocycles. The van der Waals surface area contributed by atoms with Crippen molar-refractivity contribution in [2.45, 2.75) is 51.0 Å². The number of rotatable bonds is 13. The molecule has 2 rings (SSSR count). The molecule has 1 amide bonds. The molecule has 1 atom stereocenters. The molecular formula is C25H35FN2O4S. The Bertz CT molecular complexity index is 976. The summed E-state index contributed by atoms with van der Waals surface area (Å²) in [5.74, 6) is -0.196. The third-order valence-corrected chi connectivity index (χ3v) is 6.74. The molecule has 33 heavy (non-hydrogen) atoms. The Morgan fingerprint density at radius 1 is 1.00 bits per heavy atom. The molecule has 0 aromatic heterocycles. The fourth-order valence-electron chi connectivity index (χ4n) is 3.45. The van der Waals surface area contributed by atoms with Gasteiger partial charge in [0.2, 0.25) is 5.91 Å². The zero-order chi connectivity index (χ0) is 24.4. The molecule has 0 aliphatic rings. The molecule has 8 heteroatoms. The van der Waals surface area contributed by atoms with Crippen LogP contribution in [-0.4, -0.2) is 51.3 Å². The standard InChI is InChI=1S/C25H35FN2O4S/c1-5-7-8-21(6-2)25(29)28(18-17-27(3)4)19-20-9-13-23(14-10-20)32-33(30,31)24-15-11-22(26)12-16-24/h9-16,21H,5-8,17-19H2,1-4H3. The van der Waals surface area contributed by atoms with Gasteiger partial charge in [-0.3, -0.25) is 4.79 Å². The van der Waals surface area contributed by atoms with Crippen molar-refractivity contribution in [2.24, 2.45) is 5.92 Å². The van der Waals surface area contributed by atoms with E-state index in [9.17, 15) is 17.6 Å². The highest BCUT2D eigenvalue weighted by molar-refractivity contribution is 7.87. The molecule has 0 spiro atoms. The Kier molecular flexibility index (Phi) is 10.3. The molecule has 0 aliphatic carbocycles. The Morgan fingerprint density at radius 3 is 2.18 bits per heavy atom. The van der Waals surface area contributed by atoms with E-state index in [1.807, 2.05) is 23.9 Å². The maximum absolute atomic E-state index is 13.2. The van der Waals surface area contributed by atoms with Gasteiger partial charge in [-0.1, -0.05) is 38.8 Å². The third-order valence-electron chi connectivity index (χ3n) is 5.48. The highest BCUT2D eigenvalue weighted by Gasteiger charge is 2.23. The maximum Gasteiger partial charge on any atom is 0.339 e. The van der Waals surface area contributed by atoms with Crippen LogP contribution in [0, 0.1) is 11.7 Å². The summed E-state index contributed by atoms with van der Waals surface area (Å²) in [5, 5.41) is 0. The minimum Gasteiger partial charge on any atom is -0.379 e. The number of carbonyl (C=O) groups excluding carboxylic acids is 1. The predicted molar refractivity (Wildman–Crippen MR) is 128 cm³/mol. The molecule has 2 aromatic carbocycles. The number of halogens is 1. The van der Waals surface area contributed by atoms with Crippen molar-refractivity contribution < 1.29 is 21.8 Å². The number of hydrogen-bond donors (Lipinski definition) is 0. The van der Waals surface area contributed by atoms with Crippen molar-refractivity contribution in [1.29, 1.82) is 0 Å². The van der Waals surface area contributed by atoms with Crippen molar-refractivity contribution in [1.82, 2.24) is 9.80 Å². The van der Waals surface area contributed by atoms with Crippen molar-refractivity contribution >= 4 is 16.0 Å². The van der Waals surface area contributed by atoms with Crippen LogP contribution in [0.4, 0.5) is 4.39 Å². The molecule has 0 aliphatic heterocycles. The van der Waals surface area contributed by atoms with Gasteiger partial charge in [-0.25, -0.2) is 4.39 Å². The van der Waals surface area contributed by atoms with E-state index < -0.39 is 15.9 Å². The van der Waals surface area contributed by atoms with Crippen molar-refractivity contribution in [3.8, 4) is 5.75 Å². The van der Waals surface area contributed by atoms with Gasteiger partial charge >= 0.3 is 10.1 Å². The van der Waals surface area contributed by atoms with E-state index in [0.29, 0.717) is 13.1 Å². The van der Waals surface area contributed by atoms with Gasteiger partial charge in [0.05, 0.1) is 0 Å². The predicted octanol–water partition coefficient (Wildman–Crippen LogP) is 4.70. The van der Waals surface area contributed by atoms with Crippen LogP contribution in [-0.2, 0) is 21.5 Å². The summed E-state index contributed by atoms with van der Waals surface area (Å²) in [4.78, 5) is 17.0. The molecule has 0 heterocycles. The van der Waals surface area contributed by atoms with Crippen LogP contribution in [0.1, 0.15) is 45.1 Å². The molecule has 6 nitrogen and oxygen atoms in total. The van der Waals surface area contributed by atoms with Crippen LogP contribution in [0.3, 0.4) is 0 Å². The summed E-state index contributed by atoms with van der Waals surface area (Å²) < 4.78 is 43.1. The van der Waals surface area contributed by atoms with Crippen LogP contribution in [0.2, 0.25) is 0 Å². The summed E-state index contributed by atoms with van der Waals surface area (Å²) in [5.41, 5.74) is 0.888. The summed E-state index contributed by atoms with van der Waals surface area (Å²) in [6.45, 7) is 6.00. The molecule has 0 fully saturated rings. The molecule has 0 N–H and O–H groups in total. The minimum atomic E-state index is -4.06. The van der Waals surface area contributed by atoms with Crippen molar-refractivity contribution in [2.75, 3.05) is 27.2 Å². The number of benzene rings is 2. The zero-order valence-corrected chi connectivity index (χ0v) is 20.8. The third kappa shape index (κ3) is 8.44. The molecular weight excluding hydrogens is 443 g/mol. The molecule has 0 saturated carbocycles. The first-order valence-corrected chi connectivity index (χ1v) is 12.8. The lowest BCUT2D eigenvalue weighted by atomic mass is 9.97. The van der Waals surface area contributed by atoms with Crippen molar-refractivity contribution in [3.63, 3.8) is 0 Å². The summed E-state index contributed by atoms with van der Waals surface area (Å²) in [7, 11) is -0.104. The minimum absolute atomic E-state index is 0.00979. The number of likely N-dealkylation sites (N-methyl/N-ethyl adjacent to an activating group) is 1. The number of amides is 1. The van der Waals surface area contributed by atoms with Crippen LogP contribution < -0.4 is 4.18 Å². The number of carbonyl (C=O) groups is 1. The smallest absolute Gasteiger partial charge is 0.339 e. The van der Waals surface area contributed by atoms with E-state index >= 15 is 0 Å². The number of hydrogen-bond acceptors (Lipinski definition) is 5. The lowest BCUT2D eigenvalue weighted by molar-refractivity contribution is -0.136. The van der Waals surface area contributed by atoms with Crippen LogP contribution in [0.25, 0.3) is 0 Å². The Morgan fingerprint density at radius 2 is 1.64 bits per heavy atom. The SMILES string of the molecule is CCCCC(CC)C(=O)N(CCN(C)C)Cc1ccc(OS(=O)(=O)c2ccc(F)cc2)cc1. The fourth-order valence-corrected chi connectivity index (χ4v) is 4.38. The van der Waals surface area contributed by atoms with Gasteiger partial charge in [0.1, 0.15) is 16.5 Å². The summed E-state index contributed by atoms with van der Waals surface area (Å²) in [6.07, 6.45) is 3.79. The van der Waals surface area contributed by atoms with Crippen LogP contribution in [0.5, 0.6) is 5.75 Å². The monoisotopic (exact) mass is 478 g/mol. The lowest BCUT2D eigenvalue weighted by Gasteiger charge is -2.28. The van der Waals surface area contributed by atoms with Gasteiger partial charge in [-0.2, -0.15) is 8.42 Å². The quantitative estimate of drug-likeness (QED) is 0.391. The first-order chi connectivity index (χ1) is 15.7. The molecule has 1 unspecified atom stereocenters. The van der Waals surface area contributed by atoms with Gasteiger partial charge < -0.3 is 14.0 Å². The summed E-state index contributed by atoms with van der Waals surface area (Å²) in [6, 6.07) is 11.1. The lowest BCUT2D eigenvalue weighted by Crippen LogP contribution is -2.39. The normalized spacial score (nSPS) is 12.5. The molecule has 0 radical (unpaired) electrons. The van der Waals surface area contributed by atoms with E-state index in [1.54, 1.807) is 24.3 Å². The number of unbranched alkanes of at least 4 members (excludes halogenated alkanes) is 1. The topological polar surface area (TPSA) is 66.9 Å². The Hall–Kier alpha value is -2.45. The average molecular weight is 479 g/mol. The number of nitrogens with zero attached hydrogens (tertiary/aromatic N) is 2. The Labute approximate surface area is 197 Å². The molecule has 0 bridgehead atoms. The first-order valence-electron chi connectivity index (χ1n) is 11.4. The van der Waals surface area contributed by atoms with Gasteiger partial charge in [0.15, 0.2) is 0 Å². The highest BCUT2D eigenvalue weighted by Crippen LogP contribution is 2.22. The molecule has 182 valence electrons. The highest BCUT2D eigenvalue weighted by atomic mass is 32.2. The maximum atomic E-state index is 13.2. The summed E-state index contributed by atoms with van der Waals surface area (Å²) >= 11 is 0. The van der Waals surface area contributed by atoms with Gasteiger partial charge in [0.25, 0.3) is 0 Å². The van der Waals surface area contributed by atoms with Crippen LogP contribution in [0.15, 0.2) is 53.4 Å². The van der Waals surface area contributed by atoms with E-state index in [-0.39, 0.29) is 22.5 Å². The van der Waals surface area contributed by atoms with Gasteiger partial charge in [-0.15, -0.1) is 0 Å². The molecule has 2 aromatic rings. The van der Waals surface area contributed by atoms with E-state index in [1.165, 1.54) is 0 Å². The second kappa shape index (κ2) is 12.7. The largest absolute Gasteiger partial charge is 0.379 e. The van der Waals surface area contributed by atoms with E-state index in [4.69, 9.17) is 4.18 Å². The second-order valence-corrected chi connectivity index (χ2v) is 9.99. The van der Waals surface area contributed by atoms with Crippen molar-refractivity contribution in [3.05, 3.63) is 59.9 Å². The first kappa shape index (κ1) is 26.8. The fraction of sp³-hybridized carbons (Fsp3) is 0.480. The second-order valence-electron chi connectivity index (χ2n) is 8.45. The Balaban J connectivity index is 2.12.